The topological polar surface area (TPSA) is 38.3 Å². The Morgan fingerprint density at radius 1 is 1.42 bits per heavy atom. The minimum atomic E-state index is -0.269. The van der Waals surface area contributed by atoms with Crippen LogP contribution in [0.1, 0.15) is 24.5 Å². The van der Waals surface area contributed by atoms with Gasteiger partial charge in [-0.15, -0.1) is 0 Å². The quantitative estimate of drug-likeness (QED) is 0.781. The second kappa shape index (κ2) is 7.01. The zero-order valence-electron chi connectivity index (χ0n) is 10.6. The van der Waals surface area contributed by atoms with E-state index in [2.05, 4.69) is 21.2 Å². The van der Waals surface area contributed by atoms with Crippen molar-refractivity contribution in [3.63, 3.8) is 0 Å². The lowest BCUT2D eigenvalue weighted by Crippen LogP contribution is -2.30. The Labute approximate surface area is 120 Å². The molecule has 2 rings (SSSR count). The van der Waals surface area contributed by atoms with Crippen molar-refractivity contribution in [1.82, 2.24) is 5.32 Å². The van der Waals surface area contributed by atoms with Crippen LogP contribution in [0.3, 0.4) is 0 Å². The van der Waals surface area contributed by atoms with Gasteiger partial charge in [0.2, 0.25) is 5.91 Å². The number of benzene rings is 1. The molecule has 104 valence electrons. The van der Waals surface area contributed by atoms with Gasteiger partial charge in [-0.25, -0.2) is 4.39 Å². The maximum atomic E-state index is 12.9. The van der Waals surface area contributed by atoms with E-state index in [1.807, 2.05) is 0 Å². The van der Waals surface area contributed by atoms with E-state index in [0.717, 1.165) is 5.56 Å². The number of rotatable bonds is 7. The first-order valence-electron chi connectivity index (χ1n) is 6.38. The molecule has 0 unspecified atom stereocenters. The predicted octanol–water partition coefficient (Wildman–Crippen LogP) is 2.80. The second-order valence-electron chi connectivity index (χ2n) is 4.75. The maximum absolute atomic E-state index is 12.9. The fourth-order valence-corrected chi connectivity index (χ4v) is 1.94. The van der Waals surface area contributed by atoms with Crippen LogP contribution in [0, 0.1) is 11.7 Å². The van der Waals surface area contributed by atoms with Gasteiger partial charge in [0.25, 0.3) is 0 Å². The van der Waals surface area contributed by atoms with Gasteiger partial charge in [0.15, 0.2) is 0 Å². The van der Waals surface area contributed by atoms with E-state index in [9.17, 15) is 9.18 Å². The highest BCUT2D eigenvalue weighted by atomic mass is 79.9. The normalized spacial score (nSPS) is 16.1. The van der Waals surface area contributed by atoms with Gasteiger partial charge < -0.3 is 10.1 Å². The monoisotopic (exact) mass is 329 g/mol. The molecule has 1 N–H and O–H groups in total. The van der Waals surface area contributed by atoms with Gasteiger partial charge in [-0.1, -0.05) is 28.1 Å². The Morgan fingerprint density at radius 2 is 2.11 bits per heavy atom. The molecule has 5 heteroatoms. The predicted molar refractivity (Wildman–Crippen MR) is 74.6 cm³/mol. The molecule has 1 aromatic carbocycles. The van der Waals surface area contributed by atoms with E-state index in [4.69, 9.17) is 4.74 Å². The van der Waals surface area contributed by atoms with Gasteiger partial charge >= 0.3 is 0 Å². The van der Waals surface area contributed by atoms with Crippen LogP contribution in [0.2, 0.25) is 0 Å². The first-order valence-corrected chi connectivity index (χ1v) is 7.51. The molecular formula is C14H17BrFNO2. The molecule has 1 aliphatic carbocycles. The van der Waals surface area contributed by atoms with E-state index < -0.39 is 0 Å². The lowest BCUT2D eigenvalue weighted by Gasteiger charge is -2.19. The van der Waals surface area contributed by atoms with E-state index >= 15 is 0 Å². The first-order chi connectivity index (χ1) is 9.19. The summed E-state index contributed by atoms with van der Waals surface area (Å²) in [4.78, 5) is 11.3. The zero-order chi connectivity index (χ0) is 13.7. The van der Waals surface area contributed by atoms with Crippen molar-refractivity contribution in [2.75, 3.05) is 18.5 Å². The molecule has 1 atom stereocenters. The highest BCUT2D eigenvalue weighted by Gasteiger charge is 2.24. The third-order valence-corrected chi connectivity index (χ3v) is 3.59. The van der Waals surface area contributed by atoms with Gasteiger partial charge in [-0.3, -0.25) is 4.79 Å². The molecule has 1 aliphatic rings. The van der Waals surface area contributed by atoms with E-state index in [1.165, 1.54) is 25.0 Å². The molecule has 1 amide bonds. The van der Waals surface area contributed by atoms with E-state index in [-0.39, 0.29) is 23.2 Å². The molecular weight excluding hydrogens is 313 g/mol. The number of alkyl halides is 1. The summed E-state index contributed by atoms with van der Waals surface area (Å²) in [6, 6.07) is 6.23. The minimum Gasteiger partial charge on any atom is -0.371 e. The SMILES string of the molecule is O=C(CBr)NC[C@@H](OCC1CC1)c1ccc(F)cc1. The zero-order valence-corrected chi connectivity index (χ0v) is 12.2. The molecule has 1 aromatic rings. The van der Waals surface area contributed by atoms with Crippen LogP contribution in [-0.2, 0) is 9.53 Å². The third-order valence-electron chi connectivity index (χ3n) is 3.08. The van der Waals surface area contributed by atoms with Gasteiger partial charge in [-0.05, 0) is 36.5 Å². The molecule has 0 saturated heterocycles. The van der Waals surface area contributed by atoms with Crippen molar-refractivity contribution in [3.05, 3.63) is 35.6 Å². The summed E-state index contributed by atoms with van der Waals surface area (Å²) in [5, 5.41) is 3.05. The van der Waals surface area contributed by atoms with Gasteiger partial charge in [0, 0.05) is 6.54 Å². The molecule has 0 bridgehead atoms. The van der Waals surface area contributed by atoms with Gasteiger partial charge in [0.05, 0.1) is 18.0 Å². The highest BCUT2D eigenvalue weighted by Crippen LogP contribution is 2.31. The Hall–Kier alpha value is -0.940. The van der Waals surface area contributed by atoms with Crippen LogP contribution >= 0.6 is 15.9 Å². The lowest BCUT2D eigenvalue weighted by atomic mass is 10.1. The minimum absolute atomic E-state index is 0.0814. The van der Waals surface area contributed by atoms with Crippen molar-refractivity contribution >= 4 is 21.8 Å². The molecule has 19 heavy (non-hydrogen) atoms. The number of nitrogens with one attached hydrogen (secondary N) is 1. The molecule has 0 aliphatic heterocycles. The van der Waals surface area contributed by atoms with Crippen LogP contribution in [0.5, 0.6) is 0 Å². The Kier molecular flexibility index (Phi) is 5.34. The van der Waals surface area contributed by atoms with Crippen molar-refractivity contribution in [2.45, 2.75) is 18.9 Å². The Balaban J connectivity index is 1.94. The van der Waals surface area contributed by atoms with Gasteiger partial charge in [-0.2, -0.15) is 0 Å². The van der Waals surface area contributed by atoms with Crippen LogP contribution in [0.4, 0.5) is 4.39 Å². The maximum Gasteiger partial charge on any atom is 0.230 e. The van der Waals surface area contributed by atoms with Crippen LogP contribution < -0.4 is 5.32 Å². The van der Waals surface area contributed by atoms with E-state index in [0.29, 0.717) is 19.1 Å². The van der Waals surface area contributed by atoms with Crippen molar-refractivity contribution in [1.29, 1.82) is 0 Å². The fourth-order valence-electron chi connectivity index (χ4n) is 1.74. The number of amides is 1. The van der Waals surface area contributed by atoms with Crippen molar-refractivity contribution in [3.8, 4) is 0 Å². The molecule has 0 heterocycles. The van der Waals surface area contributed by atoms with E-state index in [1.54, 1.807) is 12.1 Å². The third kappa shape index (κ3) is 4.91. The molecule has 3 nitrogen and oxygen atoms in total. The van der Waals surface area contributed by atoms with Crippen LogP contribution in [-0.4, -0.2) is 24.4 Å². The average Bonchev–Trinajstić information content (AvgIpc) is 3.24. The molecule has 0 spiro atoms. The fraction of sp³-hybridized carbons (Fsp3) is 0.500. The lowest BCUT2D eigenvalue weighted by molar-refractivity contribution is -0.119. The van der Waals surface area contributed by atoms with Crippen molar-refractivity contribution < 1.29 is 13.9 Å². The number of ether oxygens (including phenoxy) is 1. The summed E-state index contributed by atoms with van der Waals surface area (Å²) in [6.45, 7) is 1.11. The number of carbonyl (C=O) groups excluding carboxylic acids is 1. The highest BCUT2D eigenvalue weighted by molar-refractivity contribution is 9.09. The summed E-state index contributed by atoms with van der Waals surface area (Å²) >= 11 is 3.10. The smallest absolute Gasteiger partial charge is 0.230 e. The number of carbonyl (C=O) groups is 1. The number of hydrogen-bond acceptors (Lipinski definition) is 2. The first kappa shape index (κ1) is 14.5. The standard InChI is InChI=1S/C14H17BrFNO2/c15-7-14(18)17-8-13(19-9-10-1-2-10)11-3-5-12(16)6-4-11/h3-6,10,13H,1-2,7-9H2,(H,17,18)/t13-/m1/s1. The molecule has 0 aromatic heterocycles. The van der Waals surface area contributed by atoms with Crippen molar-refractivity contribution in [2.24, 2.45) is 5.92 Å². The molecule has 1 fully saturated rings. The molecule has 1 saturated carbocycles. The number of hydrogen-bond donors (Lipinski definition) is 1. The van der Waals surface area contributed by atoms with Crippen LogP contribution in [0.25, 0.3) is 0 Å². The summed E-state index contributed by atoms with van der Waals surface area (Å²) in [7, 11) is 0. The Morgan fingerprint density at radius 3 is 2.68 bits per heavy atom. The van der Waals surface area contributed by atoms with Gasteiger partial charge in [0.1, 0.15) is 5.82 Å². The summed E-state index contributed by atoms with van der Waals surface area (Å²) in [6.07, 6.45) is 2.21. The summed E-state index contributed by atoms with van der Waals surface area (Å²) < 4.78 is 18.8. The average molecular weight is 330 g/mol. The number of halogens is 2. The molecule has 0 radical (unpaired) electrons. The Bertz CT molecular complexity index is 420. The summed E-state index contributed by atoms with van der Waals surface area (Å²) in [5.74, 6) is 0.297. The second-order valence-corrected chi connectivity index (χ2v) is 5.32. The summed E-state index contributed by atoms with van der Waals surface area (Å²) in [5.41, 5.74) is 0.886. The van der Waals surface area contributed by atoms with Crippen LogP contribution in [0.15, 0.2) is 24.3 Å². The largest absolute Gasteiger partial charge is 0.371 e.